The molecule has 0 spiro atoms. The Morgan fingerprint density at radius 2 is 2.08 bits per heavy atom. The zero-order valence-corrected chi connectivity index (χ0v) is 7.76. The van der Waals surface area contributed by atoms with Gasteiger partial charge in [0.25, 0.3) is 0 Å². The third-order valence-corrected chi connectivity index (χ3v) is 3.46. The van der Waals surface area contributed by atoms with Gasteiger partial charge in [-0.05, 0) is 38.1 Å². The summed E-state index contributed by atoms with van der Waals surface area (Å²) in [6.45, 7) is 0.844. The van der Waals surface area contributed by atoms with Crippen LogP contribution in [0.5, 0.6) is 0 Å². The second kappa shape index (κ2) is 3.75. The van der Waals surface area contributed by atoms with E-state index in [0.717, 1.165) is 24.5 Å². The zero-order chi connectivity index (χ0) is 8.39. The molecule has 1 aliphatic heterocycles. The highest BCUT2D eigenvalue weighted by molar-refractivity contribution is 4.92. The summed E-state index contributed by atoms with van der Waals surface area (Å²) < 4.78 is 0. The van der Waals surface area contributed by atoms with E-state index in [1.54, 1.807) is 0 Å². The molecule has 12 heavy (non-hydrogen) atoms. The number of nitrogens with two attached hydrogens (primary N) is 1. The lowest BCUT2D eigenvalue weighted by Gasteiger charge is -2.24. The summed E-state index contributed by atoms with van der Waals surface area (Å²) in [5, 5.41) is 3.71. The molecule has 2 heteroatoms. The molecule has 2 aliphatic rings. The van der Waals surface area contributed by atoms with Gasteiger partial charge in [0.2, 0.25) is 0 Å². The van der Waals surface area contributed by atoms with Gasteiger partial charge in [0.1, 0.15) is 0 Å². The largest absolute Gasteiger partial charge is 0.330 e. The third kappa shape index (κ3) is 1.64. The Hall–Kier alpha value is -0.0800. The first-order chi connectivity index (χ1) is 5.90. The van der Waals surface area contributed by atoms with Crippen LogP contribution in [-0.4, -0.2) is 18.6 Å². The summed E-state index contributed by atoms with van der Waals surface area (Å²) in [6.07, 6.45) is 8.32. The minimum atomic E-state index is 0.739. The van der Waals surface area contributed by atoms with Crippen molar-refractivity contribution in [3.05, 3.63) is 0 Å². The van der Waals surface area contributed by atoms with Crippen molar-refractivity contribution >= 4 is 0 Å². The normalized spacial score (nSPS) is 41.2. The molecule has 1 saturated carbocycles. The first kappa shape index (κ1) is 8.52. The van der Waals surface area contributed by atoms with E-state index >= 15 is 0 Å². The van der Waals surface area contributed by atoms with Crippen LogP contribution in [0.25, 0.3) is 0 Å². The molecule has 0 radical (unpaired) electrons. The molecule has 1 heterocycles. The second-order valence-corrected chi connectivity index (χ2v) is 4.33. The number of hydrogen-bond acceptors (Lipinski definition) is 2. The predicted molar refractivity (Wildman–Crippen MR) is 51.0 cm³/mol. The molecule has 2 rings (SSSR count). The van der Waals surface area contributed by atoms with Crippen molar-refractivity contribution in [1.29, 1.82) is 0 Å². The molecule has 2 nitrogen and oxygen atoms in total. The van der Waals surface area contributed by atoms with Gasteiger partial charge in [-0.2, -0.15) is 0 Å². The van der Waals surface area contributed by atoms with Crippen molar-refractivity contribution in [2.75, 3.05) is 6.54 Å². The molecule has 0 aromatic heterocycles. The average Bonchev–Trinajstić information content (AvgIpc) is 2.47. The van der Waals surface area contributed by atoms with E-state index in [1.807, 2.05) is 0 Å². The molecule has 1 aliphatic carbocycles. The van der Waals surface area contributed by atoms with Crippen molar-refractivity contribution in [2.45, 2.75) is 50.6 Å². The fourth-order valence-electron chi connectivity index (χ4n) is 2.85. The van der Waals surface area contributed by atoms with Gasteiger partial charge in [-0.3, -0.25) is 0 Å². The molecule has 0 amide bonds. The smallest absolute Gasteiger partial charge is 0.00985 e. The quantitative estimate of drug-likeness (QED) is 0.651. The Balaban J connectivity index is 1.85. The molecule has 70 valence electrons. The molecular formula is C10H20N2. The molecule has 0 unspecified atom stereocenters. The molecule has 3 atom stereocenters. The van der Waals surface area contributed by atoms with Crippen molar-refractivity contribution in [3.8, 4) is 0 Å². The standard InChI is InChI=1S/C10H20N2/c11-6-5-9-7-8-3-1-2-4-10(8)12-9/h8-10,12H,1-7,11H2/t8-,9-,10-/m0/s1. The summed E-state index contributed by atoms with van der Waals surface area (Å²) in [7, 11) is 0. The molecule has 1 saturated heterocycles. The third-order valence-electron chi connectivity index (χ3n) is 3.46. The van der Waals surface area contributed by atoms with Crippen molar-refractivity contribution in [1.82, 2.24) is 5.32 Å². The van der Waals surface area contributed by atoms with Gasteiger partial charge in [0, 0.05) is 12.1 Å². The number of hydrogen-bond donors (Lipinski definition) is 2. The summed E-state index contributed by atoms with van der Waals surface area (Å²) in [4.78, 5) is 0. The number of fused-ring (bicyclic) bond motifs is 1. The Bertz CT molecular complexity index is 133. The van der Waals surface area contributed by atoms with Crippen LogP contribution in [0.1, 0.15) is 38.5 Å². The monoisotopic (exact) mass is 168 g/mol. The maximum atomic E-state index is 5.56. The fraction of sp³-hybridized carbons (Fsp3) is 1.00. The van der Waals surface area contributed by atoms with Crippen LogP contribution < -0.4 is 11.1 Å². The Kier molecular flexibility index (Phi) is 2.66. The van der Waals surface area contributed by atoms with E-state index < -0.39 is 0 Å². The summed E-state index contributed by atoms with van der Waals surface area (Å²) in [6, 6.07) is 1.58. The lowest BCUT2D eigenvalue weighted by molar-refractivity contribution is 0.325. The van der Waals surface area contributed by atoms with Gasteiger partial charge in [0.15, 0.2) is 0 Å². The van der Waals surface area contributed by atoms with Crippen LogP contribution >= 0.6 is 0 Å². The van der Waals surface area contributed by atoms with Crippen LogP contribution in [0, 0.1) is 5.92 Å². The minimum Gasteiger partial charge on any atom is -0.330 e. The SMILES string of the molecule is NCC[C@H]1C[C@@H]2CCCC[C@@H]2N1. The molecule has 0 aromatic rings. The van der Waals surface area contributed by atoms with E-state index in [2.05, 4.69) is 5.32 Å². The Labute approximate surface area is 74.9 Å². The van der Waals surface area contributed by atoms with Gasteiger partial charge >= 0.3 is 0 Å². The highest BCUT2D eigenvalue weighted by Gasteiger charge is 2.34. The van der Waals surface area contributed by atoms with E-state index in [4.69, 9.17) is 5.73 Å². The summed E-state index contributed by atoms with van der Waals surface area (Å²) in [5.41, 5.74) is 5.56. The lowest BCUT2D eigenvalue weighted by Crippen LogP contribution is -2.33. The minimum absolute atomic E-state index is 0.739. The second-order valence-electron chi connectivity index (χ2n) is 4.33. The molecule has 3 N–H and O–H groups in total. The molecule has 2 fully saturated rings. The number of rotatable bonds is 2. The lowest BCUT2D eigenvalue weighted by atomic mass is 9.85. The summed E-state index contributed by atoms with van der Waals surface area (Å²) >= 11 is 0. The Morgan fingerprint density at radius 3 is 2.83 bits per heavy atom. The van der Waals surface area contributed by atoms with Crippen LogP contribution in [-0.2, 0) is 0 Å². The van der Waals surface area contributed by atoms with E-state index in [9.17, 15) is 0 Å². The predicted octanol–water partition coefficient (Wildman–Crippen LogP) is 1.26. The zero-order valence-electron chi connectivity index (χ0n) is 7.76. The van der Waals surface area contributed by atoms with Gasteiger partial charge in [-0.15, -0.1) is 0 Å². The Morgan fingerprint density at radius 1 is 1.25 bits per heavy atom. The van der Waals surface area contributed by atoms with Crippen molar-refractivity contribution in [3.63, 3.8) is 0 Å². The maximum Gasteiger partial charge on any atom is 0.00985 e. The van der Waals surface area contributed by atoms with Crippen molar-refractivity contribution < 1.29 is 0 Å². The molecule has 0 bridgehead atoms. The number of nitrogens with one attached hydrogen (secondary N) is 1. The van der Waals surface area contributed by atoms with Crippen LogP contribution in [0.15, 0.2) is 0 Å². The van der Waals surface area contributed by atoms with Gasteiger partial charge in [-0.1, -0.05) is 12.8 Å². The first-order valence-electron chi connectivity index (χ1n) is 5.36. The maximum absolute atomic E-state index is 5.56. The van der Waals surface area contributed by atoms with Gasteiger partial charge < -0.3 is 11.1 Å². The van der Waals surface area contributed by atoms with Gasteiger partial charge in [-0.25, -0.2) is 0 Å². The van der Waals surface area contributed by atoms with Crippen LogP contribution in [0.4, 0.5) is 0 Å². The molecular weight excluding hydrogens is 148 g/mol. The van der Waals surface area contributed by atoms with Crippen molar-refractivity contribution in [2.24, 2.45) is 11.7 Å². The van der Waals surface area contributed by atoms with E-state index in [-0.39, 0.29) is 0 Å². The summed E-state index contributed by atoms with van der Waals surface area (Å²) in [5.74, 6) is 0.982. The van der Waals surface area contributed by atoms with Crippen LogP contribution in [0.2, 0.25) is 0 Å². The first-order valence-corrected chi connectivity index (χ1v) is 5.36. The van der Waals surface area contributed by atoms with Gasteiger partial charge in [0.05, 0.1) is 0 Å². The molecule has 0 aromatic carbocycles. The van der Waals surface area contributed by atoms with Crippen LogP contribution in [0.3, 0.4) is 0 Å². The fourth-order valence-corrected chi connectivity index (χ4v) is 2.85. The van der Waals surface area contributed by atoms with E-state index in [0.29, 0.717) is 0 Å². The highest BCUT2D eigenvalue weighted by Crippen LogP contribution is 2.33. The average molecular weight is 168 g/mol. The topological polar surface area (TPSA) is 38.0 Å². The van der Waals surface area contributed by atoms with E-state index in [1.165, 1.54) is 38.5 Å². The highest BCUT2D eigenvalue weighted by atomic mass is 15.0.